The number of anilines is 2. The van der Waals surface area contributed by atoms with Gasteiger partial charge in [0.15, 0.2) is 5.82 Å². The molecule has 1 unspecified atom stereocenters. The number of carbonyl (C=O) groups excluding carboxylic acids is 3. The first-order valence-electron chi connectivity index (χ1n) is 6.87. The number of amides is 3. The molecule has 0 bridgehead atoms. The molecule has 3 amide bonds. The Balaban J connectivity index is 1.66. The van der Waals surface area contributed by atoms with Crippen molar-refractivity contribution in [1.82, 2.24) is 5.16 Å². The van der Waals surface area contributed by atoms with E-state index in [0.29, 0.717) is 11.4 Å². The van der Waals surface area contributed by atoms with Gasteiger partial charge in [-0.05, 0) is 30.8 Å². The smallest absolute Gasteiger partial charge is 0.293 e. The average Bonchev–Trinajstić information content (AvgIpc) is 3.04. The second kappa shape index (κ2) is 6.25. The SMILES string of the molecule is Cc1cc(NC(=O)CC2SC(=O)N(c3ccccc3)C2=O)no1. The van der Waals surface area contributed by atoms with Crippen LogP contribution in [0, 0.1) is 6.92 Å². The molecule has 3 rings (SSSR count). The summed E-state index contributed by atoms with van der Waals surface area (Å²) in [6, 6.07) is 10.2. The van der Waals surface area contributed by atoms with Gasteiger partial charge < -0.3 is 9.84 Å². The topological polar surface area (TPSA) is 92.5 Å². The second-order valence-corrected chi connectivity index (χ2v) is 6.11. The van der Waals surface area contributed by atoms with Crippen molar-refractivity contribution >= 4 is 40.3 Å². The number of thioether (sulfide) groups is 1. The third-order valence-corrected chi connectivity index (χ3v) is 4.24. The van der Waals surface area contributed by atoms with Gasteiger partial charge in [-0.3, -0.25) is 14.4 Å². The molecule has 1 atom stereocenters. The van der Waals surface area contributed by atoms with Crippen LogP contribution in [-0.2, 0) is 9.59 Å². The highest BCUT2D eigenvalue weighted by molar-refractivity contribution is 8.15. The van der Waals surface area contributed by atoms with Crippen molar-refractivity contribution in [2.75, 3.05) is 10.2 Å². The highest BCUT2D eigenvalue weighted by Gasteiger charge is 2.41. The van der Waals surface area contributed by atoms with Gasteiger partial charge in [0, 0.05) is 12.5 Å². The largest absolute Gasteiger partial charge is 0.360 e. The van der Waals surface area contributed by atoms with Crippen molar-refractivity contribution in [2.45, 2.75) is 18.6 Å². The molecule has 118 valence electrons. The van der Waals surface area contributed by atoms with E-state index in [2.05, 4.69) is 10.5 Å². The molecule has 0 spiro atoms. The summed E-state index contributed by atoms with van der Waals surface area (Å²) < 4.78 is 4.85. The van der Waals surface area contributed by atoms with E-state index in [0.717, 1.165) is 16.7 Å². The number of rotatable bonds is 4. The lowest BCUT2D eigenvalue weighted by molar-refractivity contribution is -0.121. The molecule has 1 aliphatic rings. The quantitative estimate of drug-likeness (QED) is 0.925. The Morgan fingerprint density at radius 1 is 1.35 bits per heavy atom. The third kappa shape index (κ3) is 3.26. The molecule has 1 aliphatic heterocycles. The van der Waals surface area contributed by atoms with Crippen LogP contribution in [0.15, 0.2) is 40.9 Å². The summed E-state index contributed by atoms with van der Waals surface area (Å²) in [6.07, 6.45) is -0.107. The molecule has 1 fully saturated rings. The van der Waals surface area contributed by atoms with Crippen molar-refractivity contribution in [3.63, 3.8) is 0 Å². The molecule has 0 saturated carbocycles. The van der Waals surface area contributed by atoms with Crippen molar-refractivity contribution in [1.29, 1.82) is 0 Å². The second-order valence-electron chi connectivity index (χ2n) is 4.96. The third-order valence-electron chi connectivity index (χ3n) is 3.20. The van der Waals surface area contributed by atoms with Crippen LogP contribution in [0.2, 0.25) is 0 Å². The van der Waals surface area contributed by atoms with Crippen molar-refractivity contribution < 1.29 is 18.9 Å². The Kier molecular flexibility index (Phi) is 4.16. The Morgan fingerprint density at radius 2 is 2.09 bits per heavy atom. The molecule has 2 aromatic rings. The van der Waals surface area contributed by atoms with E-state index in [-0.39, 0.29) is 17.5 Å². The number of para-hydroxylation sites is 1. The van der Waals surface area contributed by atoms with Gasteiger partial charge in [-0.1, -0.05) is 23.4 Å². The summed E-state index contributed by atoms with van der Waals surface area (Å²) in [6.45, 7) is 1.70. The minimum Gasteiger partial charge on any atom is -0.360 e. The van der Waals surface area contributed by atoms with Crippen LogP contribution >= 0.6 is 11.8 Å². The monoisotopic (exact) mass is 331 g/mol. The lowest BCUT2D eigenvalue weighted by Crippen LogP contribution is -2.32. The van der Waals surface area contributed by atoms with E-state index in [4.69, 9.17) is 4.52 Å². The summed E-state index contributed by atoms with van der Waals surface area (Å²) in [5.74, 6) is 0.0655. The normalized spacial score (nSPS) is 17.6. The van der Waals surface area contributed by atoms with Crippen LogP contribution in [0.5, 0.6) is 0 Å². The first kappa shape index (κ1) is 15.3. The van der Waals surface area contributed by atoms with E-state index < -0.39 is 17.1 Å². The molecular weight excluding hydrogens is 318 g/mol. The van der Waals surface area contributed by atoms with Crippen LogP contribution < -0.4 is 10.2 Å². The molecule has 1 aromatic heterocycles. The highest BCUT2D eigenvalue weighted by Crippen LogP contribution is 2.33. The Morgan fingerprint density at radius 3 is 2.74 bits per heavy atom. The minimum absolute atomic E-state index is 0.107. The van der Waals surface area contributed by atoms with E-state index in [9.17, 15) is 14.4 Å². The summed E-state index contributed by atoms with van der Waals surface area (Å²) in [5, 5.41) is 5.07. The van der Waals surface area contributed by atoms with Gasteiger partial charge in [0.05, 0.1) is 5.69 Å². The van der Waals surface area contributed by atoms with Crippen LogP contribution in [0.25, 0.3) is 0 Å². The molecule has 8 heteroatoms. The first-order valence-corrected chi connectivity index (χ1v) is 7.75. The number of nitrogens with one attached hydrogen (secondary N) is 1. The zero-order valence-electron chi connectivity index (χ0n) is 12.2. The van der Waals surface area contributed by atoms with Gasteiger partial charge in [0.25, 0.3) is 5.24 Å². The number of nitrogens with zero attached hydrogens (tertiary/aromatic N) is 2. The lowest BCUT2D eigenvalue weighted by Gasteiger charge is -2.13. The first-order chi connectivity index (χ1) is 11.0. The predicted molar refractivity (Wildman–Crippen MR) is 85.2 cm³/mol. The molecule has 1 N–H and O–H groups in total. The molecule has 0 aliphatic carbocycles. The van der Waals surface area contributed by atoms with Crippen molar-refractivity contribution in [2.24, 2.45) is 0 Å². The minimum atomic E-state index is -0.740. The molecule has 1 aromatic carbocycles. The maximum atomic E-state index is 12.4. The Hall–Kier alpha value is -2.61. The summed E-state index contributed by atoms with van der Waals surface area (Å²) in [4.78, 5) is 37.5. The number of hydrogen-bond donors (Lipinski definition) is 1. The van der Waals surface area contributed by atoms with E-state index >= 15 is 0 Å². The average molecular weight is 331 g/mol. The van der Waals surface area contributed by atoms with Crippen molar-refractivity contribution in [3.8, 4) is 0 Å². The maximum Gasteiger partial charge on any atom is 0.293 e. The fourth-order valence-corrected chi connectivity index (χ4v) is 3.17. The number of benzene rings is 1. The summed E-state index contributed by atoms with van der Waals surface area (Å²) in [7, 11) is 0. The molecule has 23 heavy (non-hydrogen) atoms. The van der Waals surface area contributed by atoms with Gasteiger partial charge in [-0.15, -0.1) is 0 Å². The molecule has 2 heterocycles. The van der Waals surface area contributed by atoms with E-state index in [1.807, 2.05) is 0 Å². The van der Waals surface area contributed by atoms with E-state index in [1.165, 1.54) is 0 Å². The van der Waals surface area contributed by atoms with Gasteiger partial charge in [0.1, 0.15) is 11.0 Å². The highest BCUT2D eigenvalue weighted by atomic mass is 32.2. The van der Waals surface area contributed by atoms with Gasteiger partial charge in [0.2, 0.25) is 11.8 Å². The summed E-state index contributed by atoms with van der Waals surface area (Å²) in [5.41, 5.74) is 0.505. The fraction of sp³-hybridized carbons (Fsp3) is 0.200. The van der Waals surface area contributed by atoms with Gasteiger partial charge in [-0.2, -0.15) is 0 Å². The molecule has 7 nitrogen and oxygen atoms in total. The summed E-state index contributed by atoms with van der Waals surface area (Å²) >= 11 is 0.853. The van der Waals surface area contributed by atoms with Gasteiger partial charge in [-0.25, -0.2) is 4.90 Å². The molecule has 1 saturated heterocycles. The number of imide groups is 1. The predicted octanol–water partition coefficient (Wildman–Crippen LogP) is 2.58. The van der Waals surface area contributed by atoms with E-state index in [1.54, 1.807) is 43.3 Å². The Labute approximate surface area is 136 Å². The fourth-order valence-electron chi connectivity index (χ4n) is 2.19. The number of aryl methyl sites for hydroxylation is 1. The standard InChI is InChI=1S/C15H13N3O4S/c1-9-7-12(17-22-9)16-13(19)8-11-14(20)18(15(21)23-11)10-5-3-2-4-6-10/h2-7,11H,8H2,1H3,(H,16,17,19). The number of carbonyl (C=O) groups is 3. The maximum absolute atomic E-state index is 12.4. The van der Waals surface area contributed by atoms with Crippen LogP contribution in [0.1, 0.15) is 12.2 Å². The Bertz CT molecular complexity index is 759. The zero-order valence-corrected chi connectivity index (χ0v) is 13.0. The van der Waals surface area contributed by atoms with Crippen LogP contribution in [0.3, 0.4) is 0 Å². The van der Waals surface area contributed by atoms with Gasteiger partial charge >= 0.3 is 0 Å². The van der Waals surface area contributed by atoms with Crippen LogP contribution in [-0.4, -0.2) is 27.5 Å². The van der Waals surface area contributed by atoms with Crippen LogP contribution in [0.4, 0.5) is 16.3 Å². The lowest BCUT2D eigenvalue weighted by atomic mass is 10.2. The number of aromatic nitrogens is 1. The van der Waals surface area contributed by atoms with Crippen molar-refractivity contribution in [3.05, 3.63) is 42.2 Å². The zero-order chi connectivity index (χ0) is 16.4. The molecular formula is C15H13N3O4S. The number of hydrogen-bond acceptors (Lipinski definition) is 6. The molecule has 0 radical (unpaired) electrons.